The molecule has 0 spiro atoms. The van der Waals surface area contributed by atoms with E-state index < -0.39 is 0 Å². The number of anilines is 1. The standard InChI is InChI=1S/C28H25N5O3/c1-4-35-24-14-9-20-7-5-6-8-23(20)27(24)28(34)32-21-10-12-22(13-11-21)36-26-15-25(29-16-30-26)33-17-31-18(2)19(33)3/h5-17H,4H2,1-3H3,(H,32,34). The lowest BCUT2D eigenvalue weighted by Gasteiger charge is -2.14. The number of nitrogens with one attached hydrogen (secondary N) is 1. The van der Waals surface area contributed by atoms with Crippen LogP contribution in [0.25, 0.3) is 16.6 Å². The lowest BCUT2D eigenvalue weighted by atomic mass is 10.0. The molecule has 5 rings (SSSR count). The molecule has 0 bridgehead atoms. The van der Waals surface area contributed by atoms with Crippen molar-refractivity contribution in [1.82, 2.24) is 19.5 Å². The number of amides is 1. The SMILES string of the molecule is CCOc1ccc2ccccc2c1C(=O)Nc1ccc(Oc2cc(-n3cnc(C)c3C)ncn2)cc1. The van der Waals surface area contributed by atoms with Crippen molar-refractivity contribution in [3.05, 3.63) is 96.3 Å². The van der Waals surface area contributed by atoms with Gasteiger partial charge in [0.05, 0.1) is 17.9 Å². The molecule has 2 aromatic heterocycles. The molecule has 3 aromatic carbocycles. The second-order valence-electron chi connectivity index (χ2n) is 8.17. The molecule has 8 heteroatoms. The lowest BCUT2D eigenvalue weighted by molar-refractivity contribution is 0.102. The van der Waals surface area contributed by atoms with Gasteiger partial charge in [-0.1, -0.05) is 30.3 Å². The molecule has 0 unspecified atom stereocenters. The summed E-state index contributed by atoms with van der Waals surface area (Å²) in [7, 11) is 0. The van der Waals surface area contributed by atoms with Crippen LogP contribution < -0.4 is 14.8 Å². The Hall–Kier alpha value is -4.72. The summed E-state index contributed by atoms with van der Waals surface area (Å²) in [6.45, 7) is 6.29. The number of ether oxygens (including phenoxy) is 2. The van der Waals surface area contributed by atoms with Gasteiger partial charge < -0.3 is 14.8 Å². The topological polar surface area (TPSA) is 91.2 Å². The minimum atomic E-state index is -0.240. The third-order valence-corrected chi connectivity index (χ3v) is 5.88. The van der Waals surface area contributed by atoms with Crippen LogP contribution in [0.2, 0.25) is 0 Å². The van der Waals surface area contributed by atoms with Crippen LogP contribution in [0.4, 0.5) is 5.69 Å². The zero-order chi connectivity index (χ0) is 25.1. The summed E-state index contributed by atoms with van der Waals surface area (Å²) in [5, 5.41) is 4.78. The summed E-state index contributed by atoms with van der Waals surface area (Å²) in [6.07, 6.45) is 3.18. The van der Waals surface area contributed by atoms with E-state index in [4.69, 9.17) is 9.47 Å². The largest absolute Gasteiger partial charge is 0.493 e. The van der Waals surface area contributed by atoms with Gasteiger partial charge in [0.2, 0.25) is 5.88 Å². The third-order valence-electron chi connectivity index (χ3n) is 5.88. The monoisotopic (exact) mass is 479 g/mol. The van der Waals surface area contributed by atoms with E-state index in [1.54, 1.807) is 36.7 Å². The molecule has 1 amide bonds. The third kappa shape index (κ3) is 4.61. The summed E-state index contributed by atoms with van der Waals surface area (Å²) in [5.74, 6) is 1.96. The molecule has 0 fully saturated rings. The summed E-state index contributed by atoms with van der Waals surface area (Å²) in [5.41, 5.74) is 3.08. The van der Waals surface area contributed by atoms with Crippen LogP contribution in [0.15, 0.2) is 79.4 Å². The zero-order valence-corrected chi connectivity index (χ0v) is 20.2. The molecule has 0 saturated carbocycles. The number of benzene rings is 3. The van der Waals surface area contributed by atoms with Crippen molar-refractivity contribution >= 4 is 22.4 Å². The minimum Gasteiger partial charge on any atom is -0.493 e. The van der Waals surface area contributed by atoms with Crippen molar-refractivity contribution in [2.75, 3.05) is 11.9 Å². The Labute approximate surface area is 208 Å². The zero-order valence-electron chi connectivity index (χ0n) is 20.2. The van der Waals surface area contributed by atoms with Crippen LogP contribution in [0.5, 0.6) is 17.4 Å². The van der Waals surface area contributed by atoms with Crippen molar-refractivity contribution < 1.29 is 14.3 Å². The molecule has 0 saturated heterocycles. The number of aromatic nitrogens is 4. The highest BCUT2D eigenvalue weighted by molar-refractivity contribution is 6.15. The summed E-state index contributed by atoms with van der Waals surface area (Å²) in [4.78, 5) is 26.1. The fraction of sp³-hybridized carbons (Fsp3) is 0.143. The van der Waals surface area contributed by atoms with E-state index in [1.165, 1.54) is 6.33 Å². The average Bonchev–Trinajstić information content (AvgIpc) is 3.23. The molecule has 2 heterocycles. The summed E-state index contributed by atoms with van der Waals surface area (Å²) < 4.78 is 13.5. The van der Waals surface area contributed by atoms with Gasteiger partial charge in [-0.2, -0.15) is 0 Å². The summed E-state index contributed by atoms with van der Waals surface area (Å²) in [6, 6.07) is 20.4. The molecule has 0 aliphatic rings. The Kier molecular flexibility index (Phi) is 6.32. The van der Waals surface area contributed by atoms with Crippen molar-refractivity contribution in [1.29, 1.82) is 0 Å². The maximum Gasteiger partial charge on any atom is 0.260 e. The Morgan fingerprint density at radius 1 is 0.972 bits per heavy atom. The molecular formula is C28H25N5O3. The van der Waals surface area contributed by atoms with Crippen molar-refractivity contribution in [3.8, 4) is 23.2 Å². The molecule has 36 heavy (non-hydrogen) atoms. The number of hydrogen-bond donors (Lipinski definition) is 1. The molecule has 1 N–H and O–H groups in total. The Bertz CT molecular complexity index is 1540. The first-order valence-electron chi connectivity index (χ1n) is 11.6. The van der Waals surface area contributed by atoms with Crippen LogP contribution in [0, 0.1) is 13.8 Å². The van der Waals surface area contributed by atoms with Crippen LogP contribution in [-0.4, -0.2) is 32.0 Å². The van der Waals surface area contributed by atoms with Gasteiger partial charge in [0.25, 0.3) is 5.91 Å². The highest BCUT2D eigenvalue weighted by Gasteiger charge is 2.17. The van der Waals surface area contributed by atoms with E-state index in [9.17, 15) is 4.79 Å². The highest BCUT2D eigenvalue weighted by Crippen LogP contribution is 2.30. The van der Waals surface area contributed by atoms with Gasteiger partial charge >= 0.3 is 0 Å². The van der Waals surface area contributed by atoms with Gasteiger partial charge in [-0.3, -0.25) is 9.36 Å². The fourth-order valence-corrected chi connectivity index (χ4v) is 3.93. The maximum absolute atomic E-state index is 13.3. The number of aryl methyl sites for hydroxylation is 1. The fourth-order valence-electron chi connectivity index (χ4n) is 3.93. The van der Waals surface area contributed by atoms with Gasteiger partial charge in [0.1, 0.15) is 30.0 Å². The van der Waals surface area contributed by atoms with Crippen LogP contribution in [-0.2, 0) is 0 Å². The molecule has 5 aromatic rings. The van der Waals surface area contributed by atoms with Gasteiger partial charge in [-0.25, -0.2) is 15.0 Å². The number of rotatable bonds is 7. The predicted molar refractivity (Wildman–Crippen MR) is 138 cm³/mol. The molecule has 180 valence electrons. The minimum absolute atomic E-state index is 0.240. The van der Waals surface area contributed by atoms with Crippen LogP contribution in [0.3, 0.4) is 0 Å². The lowest BCUT2D eigenvalue weighted by Crippen LogP contribution is -2.14. The Balaban J connectivity index is 1.34. The molecule has 0 radical (unpaired) electrons. The number of imidazole rings is 1. The van der Waals surface area contributed by atoms with Crippen LogP contribution >= 0.6 is 0 Å². The van der Waals surface area contributed by atoms with E-state index in [1.807, 2.05) is 61.7 Å². The number of carbonyl (C=O) groups excluding carboxylic acids is 1. The predicted octanol–water partition coefficient (Wildman–Crippen LogP) is 5.88. The van der Waals surface area contributed by atoms with Crippen molar-refractivity contribution in [2.45, 2.75) is 20.8 Å². The van der Waals surface area contributed by atoms with Crippen molar-refractivity contribution in [2.24, 2.45) is 0 Å². The van der Waals surface area contributed by atoms with Crippen LogP contribution in [0.1, 0.15) is 28.7 Å². The second-order valence-corrected chi connectivity index (χ2v) is 8.17. The normalized spacial score (nSPS) is 10.9. The number of carbonyl (C=O) groups is 1. The van der Waals surface area contributed by atoms with Gasteiger partial charge in [0.15, 0.2) is 0 Å². The summed E-state index contributed by atoms with van der Waals surface area (Å²) >= 11 is 0. The average molecular weight is 480 g/mol. The van der Waals surface area contributed by atoms with E-state index in [-0.39, 0.29) is 5.91 Å². The maximum atomic E-state index is 13.3. The van der Waals surface area contributed by atoms with Gasteiger partial charge in [-0.05, 0) is 61.9 Å². The first-order valence-corrected chi connectivity index (χ1v) is 11.6. The first-order chi connectivity index (χ1) is 17.5. The Morgan fingerprint density at radius 2 is 1.78 bits per heavy atom. The highest BCUT2D eigenvalue weighted by atomic mass is 16.5. The Morgan fingerprint density at radius 3 is 2.53 bits per heavy atom. The van der Waals surface area contributed by atoms with Gasteiger partial charge in [-0.15, -0.1) is 0 Å². The number of fused-ring (bicyclic) bond motifs is 1. The number of hydrogen-bond acceptors (Lipinski definition) is 6. The molecule has 0 aliphatic heterocycles. The second kappa shape index (κ2) is 9.87. The quantitative estimate of drug-likeness (QED) is 0.314. The van der Waals surface area contributed by atoms with E-state index in [0.29, 0.717) is 41.1 Å². The molecule has 8 nitrogen and oxygen atoms in total. The van der Waals surface area contributed by atoms with E-state index >= 15 is 0 Å². The molecule has 0 atom stereocenters. The van der Waals surface area contributed by atoms with Crippen molar-refractivity contribution in [3.63, 3.8) is 0 Å². The van der Waals surface area contributed by atoms with E-state index in [0.717, 1.165) is 22.2 Å². The van der Waals surface area contributed by atoms with Gasteiger partial charge in [0, 0.05) is 17.4 Å². The first kappa shape index (κ1) is 23.0. The number of nitrogens with zero attached hydrogens (tertiary/aromatic N) is 4. The molecule has 0 aliphatic carbocycles. The molecular weight excluding hydrogens is 454 g/mol. The smallest absolute Gasteiger partial charge is 0.260 e. The van der Waals surface area contributed by atoms with E-state index in [2.05, 4.69) is 20.3 Å².